The Kier molecular flexibility index (Phi) is 6.99. The van der Waals surface area contributed by atoms with Gasteiger partial charge in [0.25, 0.3) is 5.56 Å². The summed E-state index contributed by atoms with van der Waals surface area (Å²) in [5.41, 5.74) is -0.0953. The van der Waals surface area contributed by atoms with Crippen molar-refractivity contribution in [3.63, 3.8) is 0 Å². The molecule has 1 aromatic heterocycles. The zero-order valence-electron chi connectivity index (χ0n) is 22.1. The summed E-state index contributed by atoms with van der Waals surface area (Å²) in [6.45, 7) is 1.84. The van der Waals surface area contributed by atoms with Gasteiger partial charge in [-0.25, -0.2) is 4.79 Å². The van der Waals surface area contributed by atoms with E-state index in [-0.39, 0.29) is 30.4 Å². The Morgan fingerprint density at radius 1 is 0.838 bits per heavy atom. The van der Waals surface area contributed by atoms with Crippen LogP contribution in [-0.4, -0.2) is 44.7 Å². The molecule has 4 fully saturated rings. The highest BCUT2D eigenvalue weighted by Gasteiger charge is 2.45. The third kappa shape index (κ3) is 4.68. The fourth-order valence-corrected chi connectivity index (χ4v) is 8.46. The Labute approximate surface area is 218 Å². The molecular weight excluding hydrogens is 466 g/mol. The van der Waals surface area contributed by atoms with E-state index in [0.717, 1.165) is 37.5 Å². The van der Waals surface area contributed by atoms with Gasteiger partial charge in [0.15, 0.2) is 0 Å². The predicted molar refractivity (Wildman–Crippen MR) is 144 cm³/mol. The Morgan fingerprint density at radius 2 is 1.51 bits per heavy atom. The highest BCUT2D eigenvalue weighted by molar-refractivity contribution is 5.80. The van der Waals surface area contributed by atoms with E-state index in [1.807, 2.05) is 6.07 Å². The number of carbonyl (C=O) groups excluding carboxylic acids is 1. The zero-order chi connectivity index (χ0) is 25.5. The average molecular weight is 508 g/mol. The number of benzene rings is 1. The smallest absolute Gasteiger partial charge is 0.332 e. The molecule has 2 saturated carbocycles. The molecule has 4 bridgehead atoms. The Balaban J connectivity index is 1.33. The summed E-state index contributed by atoms with van der Waals surface area (Å²) >= 11 is 0. The second-order valence-electron chi connectivity index (χ2n) is 12.1. The van der Waals surface area contributed by atoms with E-state index < -0.39 is 5.97 Å². The van der Waals surface area contributed by atoms with Crippen molar-refractivity contribution >= 4 is 16.9 Å². The maximum absolute atomic E-state index is 13.8. The fourth-order valence-electron chi connectivity index (χ4n) is 8.46. The lowest BCUT2D eigenvalue weighted by Gasteiger charge is -2.54. The summed E-state index contributed by atoms with van der Waals surface area (Å²) in [4.78, 5) is 42.8. The lowest BCUT2D eigenvalue weighted by atomic mass is 9.73. The van der Waals surface area contributed by atoms with Crippen LogP contribution in [0.2, 0.25) is 0 Å². The van der Waals surface area contributed by atoms with Crippen molar-refractivity contribution in [2.45, 2.75) is 115 Å². The first-order chi connectivity index (χ1) is 18.0. The van der Waals surface area contributed by atoms with Crippen LogP contribution in [0.3, 0.4) is 0 Å². The van der Waals surface area contributed by atoms with E-state index in [2.05, 4.69) is 4.90 Å². The van der Waals surface area contributed by atoms with Gasteiger partial charge in [-0.15, -0.1) is 0 Å². The van der Waals surface area contributed by atoms with Crippen LogP contribution in [0.15, 0.2) is 33.9 Å². The second-order valence-corrected chi connectivity index (χ2v) is 12.1. The van der Waals surface area contributed by atoms with Crippen LogP contribution in [0.5, 0.6) is 0 Å². The number of para-hydroxylation sites is 1. The van der Waals surface area contributed by atoms with E-state index in [1.54, 1.807) is 25.1 Å². The van der Waals surface area contributed by atoms with Crippen LogP contribution in [0.1, 0.15) is 90.0 Å². The van der Waals surface area contributed by atoms with E-state index in [1.165, 1.54) is 60.5 Å². The molecule has 7 heteroatoms. The summed E-state index contributed by atoms with van der Waals surface area (Å²) in [7, 11) is 0. The first-order valence-electron chi connectivity index (χ1n) is 14.7. The van der Waals surface area contributed by atoms with Crippen molar-refractivity contribution in [1.29, 1.82) is 0 Å². The molecule has 2 aliphatic carbocycles. The van der Waals surface area contributed by atoms with Gasteiger partial charge in [0.1, 0.15) is 6.54 Å². The molecule has 2 aromatic rings. The van der Waals surface area contributed by atoms with Gasteiger partial charge in [-0.05, 0) is 75.8 Å². The molecule has 7 nitrogen and oxygen atoms in total. The Hall–Kier alpha value is -2.41. The molecule has 0 amide bonds. The quantitative estimate of drug-likeness (QED) is 0.551. The summed E-state index contributed by atoms with van der Waals surface area (Å²) in [6.07, 6.45) is 14.9. The number of rotatable bonds is 5. The van der Waals surface area contributed by atoms with Crippen LogP contribution in [0, 0.1) is 11.8 Å². The average Bonchev–Trinajstić information content (AvgIpc) is 3.05. The summed E-state index contributed by atoms with van der Waals surface area (Å²) in [6, 6.07) is 8.54. The van der Waals surface area contributed by atoms with Crippen molar-refractivity contribution in [1.82, 2.24) is 14.0 Å². The van der Waals surface area contributed by atoms with Crippen LogP contribution >= 0.6 is 0 Å². The van der Waals surface area contributed by atoms with E-state index in [0.29, 0.717) is 29.0 Å². The molecule has 200 valence electrons. The highest BCUT2D eigenvalue weighted by Crippen LogP contribution is 2.46. The molecular formula is C30H41N3O4. The molecule has 37 heavy (non-hydrogen) atoms. The van der Waals surface area contributed by atoms with Gasteiger partial charge in [-0.2, -0.15) is 0 Å². The summed E-state index contributed by atoms with van der Waals surface area (Å²) < 4.78 is 8.09. The monoisotopic (exact) mass is 507 g/mol. The van der Waals surface area contributed by atoms with E-state index >= 15 is 0 Å². The minimum Gasteiger partial charge on any atom is -0.465 e. The van der Waals surface area contributed by atoms with Gasteiger partial charge >= 0.3 is 11.7 Å². The normalized spacial score (nSPS) is 32.1. The van der Waals surface area contributed by atoms with Crippen LogP contribution in [0.25, 0.3) is 10.9 Å². The SMILES string of the molecule is CCOC(=O)Cn1c(=O)n([C@H]2C[C@H]3CCC[C@@H](C2)N3C2C[C@H]3CCCC[C@@H](C2)C3)c(=O)c2ccccc21. The minimum atomic E-state index is -0.453. The largest absolute Gasteiger partial charge is 0.465 e. The second kappa shape index (κ2) is 10.4. The van der Waals surface area contributed by atoms with Gasteiger partial charge in [-0.3, -0.25) is 23.6 Å². The highest BCUT2D eigenvalue weighted by atomic mass is 16.5. The van der Waals surface area contributed by atoms with Crippen LogP contribution in [0.4, 0.5) is 0 Å². The van der Waals surface area contributed by atoms with Crippen molar-refractivity contribution in [3.8, 4) is 0 Å². The third-order valence-electron chi connectivity index (χ3n) is 9.82. The van der Waals surface area contributed by atoms with Crippen molar-refractivity contribution < 1.29 is 9.53 Å². The van der Waals surface area contributed by atoms with Crippen molar-refractivity contribution in [2.75, 3.05) is 6.61 Å². The third-order valence-corrected chi connectivity index (χ3v) is 9.82. The van der Waals surface area contributed by atoms with E-state index in [9.17, 15) is 14.4 Å². The number of nitrogens with zero attached hydrogens (tertiary/aromatic N) is 3. The number of fused-ring (bicyclic) bond motifs is 5. The molecule has 0 spiro atoms. The number of aromatic nitrogens is 2. The number of esters is 1. The van der Waals surface area contributed by atoms with Gasteiger partial charge in [0.05, 0.1) is 17.5 Å². The molecule has 0 N–H and O–H groups in total. The van der Waals surface area contributed by atoms with Gasteiger partial charge in [0.2, 0.25) is 0 Å². The molecule has 6 rings (SSSR count). The Bertz CT molecular complexity index is 1240. The number of hydrogen-bond donors (Lipinski definition) is 0. The fraction of sp³-hybridized carbons (Fsp3) is 0.700. The maximum Gasteiger partial charge on any atom is 0.332 e. The topological polar surface area (TPSA) is 73.5 Å². The number of piperidine rings is 2. The van der Waals surface area contributed by atoms with Crippen molar-refractivity contribution in [2.24, 2.45) is 11.8 Å². The molecule has 1 aromatic carbocycles. The number of ether oxygens (including phenoxy) is 1. The van der Waals surface area contributed by atoms with Gasteiger partial charge in [-0.1, -0.05) is 44.2 Å². The molecule has 3 heterocycles. The number of carbonyl (C=O) groups is 1. The number of hydrogen-bond acceptors (Lipinski definition) is 5. The van der Waals surface area contributed by atoms with Crippen molar-refractivity contribution in [3.05, 3.63) is 45.1 Å². The lowest BCUT2D eigenvalue weighted by molar-refractivity contribution is -0.143. The lowest BCUT2D eigenvalue weighted by Crippen LogP contribution is -2.59. The van der Waals surface area contributed by atoms with Crippen LogP contribution in [-0.2, 0) is 16.1 Å². The first kappa shape index (κ1) is 24.9. The first-order valence-corrected chi connectivity index (χ1v) is 14.7. The molecule has 0 radical (unpaired) electrons. The molecule has 6 atom stereocenters. The zero-order valence-corrected chi connectivity index (χ0v) is 22.1. The molecule has 4 aliphatic rings. The Morgan fingerprint density at radius 3 is 2.19 bits per heavy atom. The summed E-state index contributed by atoms with van der Waals surface area (Å²) in [5, 5.41) is 0.496. The minimum absolute atomic E-state index is 0.129. The summed E-state index contributed by atoms with van der Waals surface area (Å²) in [5.74, 6) is 1.30. The van der Waals surface area contributed by atoms with Gasteiger partial charge < -0.3 is 4.74 Å². The van der Waals surface area contributed by atoms with Crippen LogP contribution < -0.4 is 11.2 Å². The molecule has 2 aliphatic heterocycles. The van der Waals surface area contributed by atoms with E-state index in [4.69, 9.17) is 4.74 Å². The van der Waals surface area contributed by atoms with Gasteiger partial charge in [0, 0.05) is 24.2 Å². The molecule has 2 saturated heterocycles. The maximum atomic E-state index is 13.8. The standard InChI is InChI=1S/C30H41N3O4/c1-2-37-28(34)19-31-27-13-6-5-12-26(27)29(35)33(30(31)36)25-17-22-10-7-11-23(18-25)32(22)24-15-20-8-3-4-9-21(14-20)16-24/h5-6,12-13,20-25H,2-4,7-11,14-19H2,1H3/t20-,21+,22-,23+,24?,25+. The predicted octanol–water partition coefficient (Wildman–Crippen LogP) is 4.64. The molecule has 1 unspecified atom stereocenters.